The Balaban J connectivity index is 2.14. The molecule has 0 aliphatic carbocycles. The molecule has 0 atom stereocenters. The number of nitrogens with two attached hydrogens (primary N) is 1. The lowest BCUT2D eigenvalue weighted by Gasteiger charge is -2.17. The number of carbonyl (C=O) groups excluding carboxylic acids is 1. The Morgan fingerprint density at radius 1 is 1.38 bits per heavy atom. The smallest absolute Gasteiger partial charge is 0.257 e. The third-order valence-electron chi connectivity index (χ3n) is 3.27. The van der Waals surface area contributed by atoms with Crippen molar-refractivity contribution in [3.05, 3.63) is 59.0 Å². The third kappa shape index (κ3) is 3.49. The molecule has 4 nitrogen and oxygen atoms in total. The molecule has 5 heteroatoms. The van der Waals surface area contributed by atoms with Crippen molar-refractivity contribution in [2.45, 2.75) is 19.9 Å². The van der Waals surface area contributed by atoms with E-state index in [4.69, 9.17) is 22.4 Å². The SMILES string of the molecule is CCc1occc1C(=O)N(C)Cc1cccc(C(N)=S)c1. The maximum Gasteiger partial charge on any atom is 0.257 e. The second-order valence-electron chi connectivity index (χ2n) is 4.84. The molecule has 1 heterocycles. The Labute approximate surface area is 129 Å². The fourth-order valence-electron chi connectivity index (χ4n) is 2.18. The molecule has 0 fully saturated rings. The normalized spacial score (nSPS) is 10.4. The number of benzene rings is 1. The van der Waals surface area contributed by atoms with Crippen molar-refractivity contribution in [3.63, 3.8) is 0 Å². The van der Waals surface area contributed by atoms with Crippen molar-refractivity contribution < 1.29 is 9.21 Å². The van der Waals surface area contributed by atoms with Gasteiger partial charge in [-0.3, -0.25) is 4.79 Å². The summed E-state index contributed by atoms with van der Waals surface area (Å²) in [6.45, 7) is 2.45. The summed E-state index contributed by atoms with van der Waals surface area (Å²) in [6, 6.07) is 9.31. The van der Waals surface area contributed by atoms with E-state index in [1.54, 1.807) is 24.3 Å². The van der Waals surface area contributed by atoms with E-state index in [-0.39, 0.29) is 5.91 Å². The van der Waals surface area contributed by atoms with Crippen LogP contribution in [0.3, 0.4) is 0 Å². The van der Waals surface area contributed by atoms with Crippen molar-refractivity contribution in [2.24, 2.45) is 5.73 Å². The zero-order chi connectivity index (χ0) is 15.4. The van der Waals surface area contributed by atoms with E-state index in [0.717, 1.165) is 11.1 Å². The van der Waals surface area contributed by atoms with Crippen LogP contribution in [-0.4, -0.2) is 22.8 Å². The molecule has 0 radical (unpaired) electrons. The quantitative estimate of drug-likeness (QED) is 0.863. The van der Waals surface area contributed by atoms with E-state index in [2.05, 4.69) is 0 Å². The van der Waals surface area contributed by atoms with Crippen LogP contribution in [0.15, 0.2) is 41.0 Å². The van der Waals surface area contributed by atoms with Gasteiger partial charge < -0.3 is 15.1 Å². The number of furan rings is 1. The molecule has 0 aliphatic heterocycles. The van der Waals surface area contributed by atoms with Gasteiger partial charge in [-0.1, -0.05) is 37.3 Å². The maximum absolute atomic E-state index is 12.4. The number of nitrogens with zero attached hydrogens (tertiary/aromatic N) is 1. The summed E-state index contributed by atoms with van der Waals surface area (Å²) >= 11 is 4.97. The third-order valence-corrected chi connectivity index (χ3v) is 3.51. The minimum Gasteiger partial charge on any atom is -0.469 e. The molecule has 0 bridgehead atoms. The molecule has 0 aliphatic rings. The minimum atomic E-state index is -0.0543. The van der Waals surface area contributed by atoms with E-state index in [9.17, 15) is 4.79 Å². The van der Waals surface area contributed by atoms with Crippen LogP contribution in [0.4, 0.5) is 0 Å². The Kier molecular flexibility index (Phi) is 4.75. The summed E-state index contributed by atoms with van der Waals surface area (Å²) < 4.78 is 5.30. The van der Waals surface area contributed by atoms with E-state index in [1.165, 1.54) is 0 Å². The summed E-state index contributed by atoms with van der Waals surface area (Å²) in [5.74, 6) is 0.657. The predicted octanol–water partition coefficient (Wildman–Crippen LogP) is 2.75. The van der Waals surface area contributed by atoms with Gasteiger partial charge in [0.2, 0.25) is 0 Å². The summed E-state index contributed by atoms with van der Waals surface area (Å²) in [7, 11) is 1.77. The van der Waals surface area contributed by atoms with Crippen LogP contribution < -0.4 is 5.73 Å². The summed E-state index contributed by atoms with van der Waals surface area (Å²) in [4.78, 5) is 14.4. The van der Waals surface area contributed by atoms with Gasteiger partial charge in [-0.2, -0.15) is 0 Å². The van der Waals surface area contributed by atoms with Crippen LogP contribution in [0.1, 0.15) is 34.2 Å². The Morgan fingerprint density at radius 3 is 2.81 bits per heavy atom. The standard InChI is InChI=1S/C16H18N2O2S/c1-3-14-13(7-8-20-14)16(19)18(2)10-11-5-4-6-12(9-11)15(17)21/h4-9H,3,10H2,1-2H3,(H2,17,21). The van der Waals surface area contributed by atoms with Crippen LogP contribution in [0.2, 0.25) is 0 Å². The first kappa shape index (κ1) is 15.3. The van der Waals surface area contributed by atoms with Gasteiger partial charge in [0.25, 0.3) is 5.91 Å². The summed E-state index contributed by atoms with van der Waals surface area (Å²) in [6.07, 6.45) is 2.24. The average Bonchev–Trinajstić information content (AvgIpc) is 2.95. The molecule has 0 saturated carbocycles. The van der Waals surface area contributed by atoms with Gasteiger partial charge in [-0.15, -0.1) is 0 Å². The van der Waals surface area contributed by atoms with Crippen molar-refractivity contribution in [1.29, 1.82) is 0 Å². The highest BCUT2D eigenvalue weighted by molar-refractivity contribution is 7.80. The Morgan fingerprint density at radius 2 is 2.14 bits per heavy atom. The second kappa shape index (κ2) is 6.54. The lowest BCUT2D eigenvalue weighted by molar-refractivity contribution is 0.0783. The molecular weight excluding hydrogens is 284 g/mol. The van der Waals surface area contributed by atoms with Crippen LogP contribution in [0, 0.1) is 0 Å². The molecule has 0 saturated heterocycles. The van der Waals surface area contributed by atoms with E-state index in [1.807, 2.05) is 31.2 Å². The number of carbonyl (C=O) groups is 1. The van der Waals surface area contributed by atoms with Crippen LogP contribution >= 0.6 is 12.2 Å². The molecule has 0 unspecified atom stereocenters. The zero-order valence-electron chi connectivity index (χ0n) is 12.1. The molecular formula is C16H18N2O2S. The highest BCUT2D eigenvalue weighted by Crippen LogP contribution is 2.15. The molecule has 1 amide bonds. The monoisotopic (exact) mass is 302 g/mol. The second-order valence-corrected chi connectivity index (χ2v) is 5.28. The van der Waals surface area contributed by atoms with Crippen molar-refractivity contribution >= 4 is 23.1 Å². The topological polar surface area (TPSA) is 59.5 Å². The average molecular weight is 302 g/mol. The first-order valence-electron chi connectivity index (χ1n) is 6.73. The lowest BCUT2D eigenvalue weighted by atomic mass is 10.1. The fourth-order valence-corrected chi connectivity index (χ4v) is 2.31. The Bertz CT molecular complexity index is 664. The first-order chi connectivity index (χ1) is 10.0. The minimum absolute atomic E-state index is 0.0543. The van der Waals surface area contributed by atoms with Gasteiger partial charge in [0.15, 0.2) is 0 Å². The van der Waals surface area contributed by atoms with Gasteiger partial charge in [0.05, 0.1) is 11.8 Å². The summed E-state index contributed by atoms with van der Waals surface area (Å²) in [5, 5.41) is 0. The van der Waals surface area contributed by atoms with Crippen molar-refractivity contribution in [3.8, 4) is 0 Å². The molecule has 2 rings (SSSR count). The molecule has 2 aromatic rings. The van der Waals surface area contributed by atoms with Gasteiger partial charge in [-0.05, 0) is 17.7 Å². The van der Waals surface area contributed by atoms with Crippen LogP contribution in [0.5, 0.6) is 0 Å². The van der Waals surface area contributed by atoms with Crippen LogP contribution in [0.25, 0.3) is 0 Å². The predicted molar refractivity (Wildman–Crippen MR) is 86.2 cm³/mol. The van der Waals surface area contributed by atoms with E-state index < -0.39 is 0 Å². The van der Waals surface area contributed by atoms with E-state index in [0.29, 0.717) is 29.3 Å². The fraction of sp³-hybridized carbons (Fsp3) is 0.250. The molecule has 1 aromatic carbocycles. The molecule has 110 valence electrons. The van der Waals surface area contributed by atoms with Crippen molar-refractivity contribution in [2.75, 3.05) is 7.05 Å². The number of thiocarbonyl (C=S) groups is 1. The molecule has 1 aromatic heterocycles. The molecule has 2 N–H and O–H groups in total. The largest absolute Gasteiger partial charge is 0.469 e. The van der Waals surface area contributed by atoms with Crippen molar-refractivity contribution in [1.82, 2.24) is 4.90 Å². The number of rotatable bonds is 5. The lowest BCUT2D eigenvalue weighted by Crippen LogP contribution is -2.26. The van der Waals surface area contributed by atoms with Crippen LogP contribution in [-0.2, 0) is 13.0 Å². The van der Waals surface area contributed by atoms with Gasteiger partial charge in [-0.25, -0.2) is 0 Å². The summed E-state index contributed by atoms with van der Waals surface area (Å²) in [5.41, 5.74) is 8.03. The van der Waals surface area contributed by atoms with Gasteiger partial charge >= 0.3 is 0 Å². The molecule has 0 spiro atoms. The maximum atomic E-state index is 12.4. The highest BCUT2D eigenvalue weighted by Gasteiger charge is 2.17. The van der Waals surface area contributed by atoms with Gasteiger partial charge in [0.1, 0.15) is 10.7 Å². The zero-order valence-corrected chi connectivity index (χ0v) is 12.9. The first-order valence-corrected chi connectivity index (χ1v) is 7.14. The van der Waals surface area contributed by atoms with E-state index >= 15 is 0 Å². The van der Waals surface area contributed by atoms with Gasteiger partial charge in [0, 0.05) is 25.6 Å². The highest BCUT2D eigenvalue weighted by atomic mass is 32.1. The Hall–Kier alpha value is -2.14. The number of hydrogen-bond acceptors (Lipinski definition) is 3. The number of amides is 1. The number of hydrogen-bond donors (Lipinski definition) is 1. The number of aryl methyl sites for hydroxylation is 1. The molecule has 21 heavy (non-hydrogen) atoms.